The van der Waals surface area contributed by atoms with Crippen molar-refractivity contribution in [2.75, 3.05) is 20.8 Å². The zero-order chi connectivity index (χ0) is 19.4. The molecule has 2 aromatic heterocycles. The summed E-state index contributed by atoms with van der Waals surface area (Å²) in [4.78, 5) is 32.2. The molecule has 2 heterocycles. The van der Waals surface area contributed by atoms with E-state index in [2.05, 4.69) is 22.2 Å². The summed E-state index contributed by atoms with van der Waals surface area (Å²) in [7, 11) is 3.12. The van der Waals surface area contributed by atoms with Gasteiger partial charge in [-0.15, -0.1) is 0 Å². The summed E-state index contributed by atoms with van der Waals surface area (Å²) in [5.41, 5.74) is 1.49. The van der Waals surface area contributed by atoms with Crippen molar-refractivity contribution < 1.29 is 14.3 Å². The molecule has 0 aliphatic heterocycles. The molecule has 27 heavy (non-hydrogen) atoms. The molecule has 8 nitrogen and oxygen atoms in total. The van der Waals surface area contributed by atoms with Crippen LogP contribution < -0.4 is 20.3 Å². The molecule has 0 radical (unpaired) electrons. The molecular formula is C19H24N4O4. The zero-order valence-corrected chi connectivity index (χ0v) is 15.8. The van der Waals surface area contributed by atoms with E-state index in [0.29, 0.717) is 29.1 Å². The molecule has 0 aliphatic rings. The van der Waals surface area contributed by atoms with Gasteiger partial charge in [0.25, 0.3) is 5.56 Å². The number of aromatic nitrogens is 3. The predicted octanol–water partition coefficient (Wildman–Crippen LogP) is 2.20. The van der Waals surface area contributed by atoms with E-state index in [1.54, 1.807) is 26.4 Å². The molecule has 0 fully saturated rings. The first-order valence-electron chi connectivity index (χ1n) is 8.98. The van der Waals surface area contributed by atoms with Gasteiger partial charge < -0.3 is 19.8 Å². The lowest BCUT2D eigenvalue weighted by Gasteiger charge is -2.07. The third-order valence-corrected chi connectivity index (χ3v) is 4.51. The monoisotopic (exact) mass is 372 g/mol. The van der Waals surface area contributed by atoms with Crippen LogP contribution in [-0.2, 0) is 11.3 Å². The minimum atomic E-state index is -0.213. The van der Waals surface area contributed by atoms with Crippen LogP contribution in [0.15, 0.2) is 23.3 Å². The smallest absolute Gasteiger partial charge is 0.277 e. The van der Waals surface area contributed by atoms with Crippen LogP contribution in [0.3, 0.4) is 0 Å². The average molecular weight is 372 g/mol. The average Bonchev–Trinajstić information content (AvgIpc) is 3.05. The number of benzene rings is 1. The largest absolute Gasteiger partial charge is 0.493 e. The van der Waals surface area contributed by atoms with E-state index in [9.17, 15) is 9.59 Å². The molecule has 1 amide bonds. The molecule has 144 valence electrons. The number of amides is 1. The van der Waals surface area contributed by atoms with E-state index in [-0.39, 0.29) is 24.4 Å². The minimum Gasteiger partial charge on any atom is -0.493 e. The summed E-state index contributed by atoms with van der Waals surface area (Å²) in [6.07, 6.45) is 3.68. The third-order valence-electron chi connectivity index (χ3n) is 4.51. The van der Waals surface area contributed by atoms with Crippen molar-refractivity contribution in [3.05, 3.63) is 28.8 Å². The normalized spacial score (nSPS) is 11.1. The Bertz CT molecular complexity index is 1020. The fraction of sp³-hybridized carbons (Fsp3) is 0.421. The Morgan fingerprint density at radius 3 is 2.70 bits per heavy atom. The van der Waals surface area contributed by atoms with Crippen molar-refractivity contribution in [1.29, 1.82) is 0 Å². The molecule has 0 bridgehead atoms. The molecule has 2 N–H and O–H groups in total. The van der Waals surface area contributed by atoms with E-state index in [0.717, 1.165) is 23.7 Å². The highest BCUT2D eigenvalue weighted by Crippen LogP contribution is 2.34. The van der Waals surface area contributed by atoms with E-state index < -0.39 is 0 Å². The molecule has 0 aliphatic carbocycles. The van der Waals surface area contributed by atoms with Gasteiger partial charge in [0.1, 0.15) is 11.0 Å². The van der Waals surface area contributed by atoms with Crippen molar-refractivity contribution in [3.63, 3.8) is 0 Å². The lowest BCUT2D eigenvalue weighted by atomic mass is 10.2. The van der Waals surface area contributed by atoms with Gasteiger partial charge >= 0.3 is 0 Å². The van der Waals surface area contributed by atoms with E-state index in [1.165, 1.54) is 10.9 Å². The van der Waals surface area contributed by atoms with Crippen LogP contribution in [0, 0.1) is 0 Å². The Balaban J connectivity index is 1.89. The number of nitrogens with zero attached hydrogens (tertiary/aromatic N) is 2. The molecule has 0 spiro atoms. The summed E-state index contributed by atoms with van der Waals surface area (Å²) in [6, 6.07) is 3.58. The second-order valence-corrected chi connectivity index (χ2v) is 6.30. The minimum absolute atomic E-state index is 0.0680. The SMILES string of the molecule is CCCCNC(=O)CCn1cnc2c([nH]c3cc(OC)c(OC)cc32)c1=O. The van der Waals surface area contributed by atoms with Crippen molar-refractivity contribution >= 4 is 27.8 Å². The van der Waals surface area contributed by atoms with Crippen LogP contribution in [0.4, 0.5) is 0 Å². The number of aryl methyl sites for hydroxylation is 1. The first kappa shape index (κ1) is 18.8. The van der Waals surface area contributed by atoms with E-state index >= 15 is 0 Å². The summed E-state index contributed by atoms with van der Waals surface area (Å²) in [5.74, 6) is 1.07. The number of carbonyl (C=O) groups excluding carboxylic acids is 1. The third kappa shape index (κ3) is 3.74. The van der Waals surface area contributed by atoms with Crippen LogP contribution in [0.25, 0.3) is 21.9 Å². The predicted molar refractivity (Wildman–Crippen MR) is 103 cm³/mol. The highest BCUT2D eigenvalue weighted by molar-refractivity contribution is 6.05. The van der Waals surface area contributed by atoms with Crippen LogP contribution in [-0.4, -0.2) is 41.2 Å². The lowest BCUT2D eigenvalue weighted by molar-refractivity contribution is -0.121. The fourth-order valence-corrected chi connectivity index (χ4v) is 2.99. The van der Waals surface area contributed by atoms with Gasteiger partial charge in [0.15, 0.2) is 11.5 Å². The number of nitrogens with one attached hydrogen (secondary N) is 2. The topological polar surface area (TPSA) is 98.2 Å². The molecule has 3 rings (SSSR count). The van der Waals surface area contributed by atoms with Crippen molar-refractivity contribution in [1.82, 2.24) is 19.9 Å². The summed E-state index contributed by atoms with van der Waals surface area (Å²) < 4.78 is 12.1. The van der Waals surface area contributed by atoms with Gasteiger partial charge in [0.05, 0.1) is 26.1 Å². The number of methoxy groups -OCH3 is 2. The van der Waals surface area contributed by atoms with Gasteiger partial charge in [-0.1, -0.05) is 13.3 Å². The lowest BCUT2D eigenvalue weighted by Crippen LogP contribution is -2.28. The molecule has 8 heteroatoms. The number of unbranched alkanes of at least 4 members (excludes halogenated alkanes) is 1. The molecule has 0 unspecified atom stereocenters. The number of rotatable bonds is 8. The van der Waals surface area contributed by atoms with Crippen LogP contribution in [0.1, 0.15) is 26.2 Å². The molecular weight excluding hydrogens is 348 g/mol. The Morgan fingerprint density at radius 2 is 2.00 bits per heavy atom. The molecule has 0 saturated heterocycles. The summed E-state index contributed by atoms with van der Waals surface area (Å²) in [5, 5.41) is 3.63. The van der Waals surface area contributed by atoms with Crippen molar-refractivity contribution in [2.24, 2.45) is 0 Å². The Morgan fingerprint density at radius 1 is 1.26 bits per heavy atom. The summed E-state index contributed by atoms with van der Waals surface area (Å²) >= 11 is 0. The van der Waals surface area contributed by atoms with E-state index in [1.807, 2.05) is 0 Å². The maximum atomic E-state index is 12.8. The number of hydrogen-bond acceptors (Lipinski definition) is 5. The Labute approximate surface area is 156 Å². The van der Waals surface area contributed by atoms with Crippen LogP contribution >= 0.6 is 0 Å². The van der Waals surface area contributed by atoms with Gasteiger partial charge in [0.2, 0.25) is 5.91 Å². The van der Waals surface area contributed by atoms with Gasteiger partial charge in [-0.05, 0) is 12.5 Å². The van der Waals surface area contributed by atoms with Crippen molar-refractivity contribution in [2.45, 2.75) is 32.7 Å². The fourth-order valence-electron chi connectivity index (χ4n) is 2.99. The number of hydrogen-bond donors (Lipinski definition) is 2. The first-order chi connectivity index (χ1) is 13.1. The number of ether oxygens (including phenoxy) is 2. The molecule has 3 aromatic rings. The Hall–Kier alpha value is -3.03. The zero-order valence-electron chi connectivity index (χ0n) is 15.8. The van der Waals surface area contributed by atoms with Crippen LogP contribution in [0.5, 0.6) is 11.5 Å². The Kier molecular flexibility index (Phi) is 5.63. The highest BCUT2D eigenvalue weighted by Gasteiger charge is 2.15. The highest BCUT2D eigenvalue weighted by atomic mass is 16.5. The first-order valence-corrected chi connectivity index (χ1v) is 8.98. The second kappa shape index (κ2) is 8.11. The number of fused-ring (bicyclic) bond motifs is 3. The van der Waals surface area contributed by atoms with Gasteiger partial charge in [-0.3, -0.25) is 14.2 Å². The molecule has 0 saturated carbocycles. The summed E-state index contributed by atoms with van der Waals surface area (Å²) in [6.45, 7) is 3.01. The maximum absolute atomic E-state index is 12.8. The quantitative estimate of drug-likeness (QED) is 0.591. The van der Waals surface area contributed by atoms with E-state index in [4.69, 9.17) is 9.47 Å². The number of carbonyl (C=O) groups is 1. The standard InChI is InChI=1S/C19H24N4O4/c1-4-5-7-20-16(24)6-8-23-11-21-17-12-9-14(26-2)15(27-3)10-13(12)22-18(17)19(23)25/h9-11,22H,4-8H2,1-3H3,(H,20,24). The number of H-pyrrole nitrogens is 1. The molecule has 1 aromatic carbocycles. The number of aromatic amines is 1. The molecule has 0 atom stereocenters. The van der Waals surface area contributed by atoms with Gasteiger partial charge in [-0.2, -0.15) is 0 Å². The van der Waals surface area contributed by atoms with Crippen LogP contribution in [0.2, 0.25) is 0 Å². The van der Waals surface area contributed by atoms with Gasteiger partial charge in [0, 0.05) is 31.0 Å². The second-order valence-electron chi connectivity index (χ2n) is 6.30. The van der Waals surface area contributed by atoms with Crippen molar-refractivity contribution in [3.8, 4) is 11.5 Å². The maximum Gasteiger partial charge on any atom is 0.277 e. The van der Waals surface area contributed by atoms with Gasteiger partial charge in [-0.25, -0.2) is 4.98 Å².